The number of allylic oxidation sites excluding steroid dienone is 3. The zero-order chi connectivity index (χ0) is 19.8. The summed E-state index contributed by atoms with van der Waals surface area (Å²) in [6, 6.07) is 6.70. The standard InChI is InChI=1S/C22H25NO4/c1-5-9-27-21(26)18-13(2)23-16-11-22(3,4)12-17(25)20(16)19(18)14-7-6-8-15(24)10-14/h5-8,10,19,23-24H,1,9,11-12H2,2-4H3/t19-/m0/s1. The average molecular weight is 367 g/mol. The second-order valence-corrected chi connectivity index (χ2v) is 7.91. The number of hydrogen-bond acceptors (Lipinski definition) is 5. The minimum Gasteiger partial charge on any atom is -0.508 e. The highest BCUT2D eigenvalue weighted by Gasteiger charge is 2.43. The molecule has 5 heteroatoms. The van der Waals surface area contributed by atoms with Gasteiger partial charge in [-0.2, -0.15) is 0 Å². The zero-order valence-corrected chi connectivity index (χ0v) is 16.0. The smallest absolute Gasteiger partial charge is 0.337 e. The lowest BCUT2D eigenvalue weighted by atomic mass is 9.68. The lowest BCUT2D eigenvalue weighted by molar-refractivity contribution is -0.138. The topological polar surface area (TPSA) is 75.6 Å². The lowest BCUT2D eigenvalue weighted by Gasteiger charge is -2.39. The highest BCUT2D eigenvalue weighted by Crippen LogP contribution is 2.47. The fourth-order valence-corrected chi connectivity index (χ4v) is 3.96. The molecule has 5 nitrogen and oxygen atoms in total. The van der Waals surface area contributed by atoms with Gasteiger partial charge in [0.15, 0.2) is 5.78 Å². The Bertz CT molecular complexity index is 876. The van der Waals surface area contributed by atoms with E-state index in [-0.39, 0.29) is 23.6 Å². The van der Waals surface area contributed by atoms with Crippen LogP contribution >= 0.6 is 0 Å². The van der Waals surface area contributed by atoms with Gasteiger partial charge < -0.3 is 15.2 Å². The molecule has 0 bridgehead atoms. The van der Waals surface area contributed by atoms with E-state index in [0.717, 1.165) is 12.1 Å². The van der Waals surface area contributed by atoms with E-state index < -0.39 is 11.9 Å². The van der Waals surface area contributed by atoms with E-state index in [1.54, 1.807) is 18.2 Å². The van der Waals surface area contributed by atoms with Gasteiger partial charge in [0.05, 0.1) is 5.57 Å². The van der Waals surface area contributed by atoms with Crippen LogP contribution < -0.4 is 5.32 Å². The normalized spacial score (nSPS) is 21.4. The molecule has 1 aromatic rings. The Morgan fingerprint density at radius 2 is 2.15 bits per heavy atom. The fourth-order valence-electron chi connectivity index (χ4n) is 3.96. The van der Waals surface area contributed by atoms with Gasteiger partial charge in [0.2, 0.25) is 0 Å². The lowest BCUT2D eigenvalue weighted by Crippen LogP contribution is -2.38. The first kappa shape index (κ1) is 19.0. The monoisotopic (exact) mass is 367 g/mol. The first-order valence-electron chi connectivity index (χ1n) is 9.04. The van der Waals surface area contributed by atoms with Crippen molar-refractivity contribution in [3.05, 3.63) is 65.0 Å². The highest BCUT2D eigenvalue weighted by molar-refractivity contribution is 6.04. The molecule has 2 aliphatic rings. The molecule has 0 spiro atoms. The maximum absolute atomic E-state index is 13.1. The van der Waals surface area contributed by atoms with Gasteiger partial charge >= 0.3 is 5.97 Å². The van der Waals surface area contributed by atoms with Gasteiger partial charge in [-0.1, -0.05) is 38.6 Å². The van der Waals surface area contributed by atoms with Crippen LogP contribution in [0.2, 0.25) is 0 Å². The Kier molecular flexibility index (Phi) is 4.96. The predicted octanol–water partition coefficient (Wildman–Crippen LogP) is 3.73. The molecule has 0 amide bonds. The Balaban J connectivity index is 2.15. The maximum atomic E-state index is 13.1. The van der Waals surface area contributed by atoms with Crippen LogP contribution in [0, 0.1) is 5.41 Å². The van der Waals surface area contributed by atoms with Crippen molar-refractivity contribution in [2.45, 2.75) is 39.5 Å². The Morgan fingerprint density at radius 3 is 2.81 bits per heavy atom. The number of rotatable bonds is 4. The summed E-state index contributed by atoms with van der Waals surface area (Å²) in [5, 5.41) is 13.2. The second-order valence-electron chi connectivity index (χ2n) is 7.91. The van der Waals surface area contributed by atoms with E-state index in [0.29, 0.717) is 28.8 Å². The number of ketones is 1. The van der Waals surface area contributed by atoms with Crippen LogP contribution in [0.3, 0.4) is 0 Å². The van der Waals surface area contributed by atoms with Crippen molar-refractivity contribution in [3.63, 3.8) is 0 Å². The highest BCUT2D eigenvalue weighted by atomic mass is 16.5. The molecule has 1 aliphatic heterocycles. The Morgan fingerprint density at radius 1 is 1.41 bits per heavy atom. The second kappa shape index (κ2) is 7.06. The van der Waals surface area contributed by atoms with Crippen molar-refractivity contribution in [2.24, 2.45) is 5.41 Å². The number of Topliss-reactive ketones (excluding diaryl/α,β-unsaturated/α-hetero) is 1. The molecule has 0 saturated carbocycles. The molecule has 1 atom stereocenters. The molecule has 0 fully saturated rings. The van der Waals surface area contributed by atoms with Crippen LogP contribution in [0.15, 0.2) is 59.5 Å². The van der Waals surface area contributed by atoms with E-state index in [1.165, 1.54) is 6.08 Å². The van der Waals surface area contributed by atoms with Gasteiger partial charge in [-0.3, -0.25) is 4.79 Å². The average Bonchev–Trinajstić information content (AvgIpc) is 2.57. The van der Waals surface area contributed by atoms with Gasteiger partial charge in [-0.05, 0) is 36.5 Å². The molecular weight excluding hydrogens is 342 g/mol. The van der Waals surface area contributed by atoms with Crippen LogP contribution in [0.1, 0.15) is 45.1 Å². The van der Waals surface area contributed by atoms with E-state index in [9.17, 15) is 14.7 Å². The molecule has 1 heterocycles. The van der Waals surface area contributed by atoms with Gasteiger partial charge in [0, 0.05) is 29.3 Å². The number of esters is 1. The number of ether oxygens (including phenoxy) is 1. The van der Waals surface area contributed by atoms with Crippen molar-refractivity contribution >= 4 is 11.8 Å². The molecule has 1 aromatic carbocycles. The molecule has 2 N–H and O–H groups in total. The van der Waals surface area contributed by atoms with Gasteiger partial charge in [-0.15, -0.1) is 0 Å². The molecule has 3 rings (SSSR count). The number of hydrogen-bond donors (Lipinski definition) is 2. The Labute approximate surface area is 159 Å². The van der Waals surface area contributed by atoms with Crippen LogP contribution in [-0.4, -0.2) is 23.5 Å². The molecular formula is C22H25NO4. The van der Waals surface area contributed by atoms with E-state index in [4.69, 9.17) is 4.74 Å². The summed E-state index contributed by atoms with van der Waals surface area (Å²) < 4.78 is 5.29. The minimum atomic E-state index is -0.561. The number of dihydropyridines is 1. The summed E-state index contributed by atoms with van der Waals surface area (Å²) in [7, 11) is 0. The fraction of sp³-hybridized carbons (Fsp3) is 0.364. The number of phenolic OH excluding ortho intramolecular Hbond substituents is 1. The van der Waals surface area contributed by atoms with E-state index in [1.807, 2.05) is 13.0 Å². The SMILES string of the molecule is C=CCOC(=O)C1=C(C)NC2=C(C(=O)CC(C)(C)C2)[C@H]1c1cccc(O)c1. The van der Waals surface area contributed by atoms with Gasteiger partial charge in [-0.25, -0.2) is 4.79 Å². The van der Waals surface area contributed by atoms with E-state index in [2.05, 4.69) is 25.7 Å². The minimum absolute atomic E-state index is 0.0172. The van der Waals surface area contributed by atoms with Crippen LogP contribution in [-0.2, 0) is 14.3 Å². The van der Waals surface area contributed by atoms with Crippen LogP contribution in [0.25, 0.3) is 0 Å². The Hall–Kier alpha value is -2.82. The molecule has 27 heavy (non-hydrogen) atoms. The number of nitrogens with one attached hydrogen (secondary N) is 1. The summed E-state index contributed by atoms with van der Waals surface area (Å²) in [5.41, 5.74) is 3.06. The molecule has 0 aromatic heterocycles. The molecule has 0 unspecified atom stereocenters. The number of carbonyl (C=O) groups is 2. The molecule has 142 valence electrons. The molecule has 0 saturated heterocycles. The third-order valence-corrected chi connectivity index (χ3v) is 5.00. The number of benzene rings is 1. The van der Waals surface area contributed by atoms with Crippen molar-refractivity contribution in [1.29, 1.82) is 0 Å². The first-order chi connectivity index (χ1) is 12.7. The molecule has 1 aliphatic carbocycles. The van der Waals surface area contributed by atoms with E-state index >= 15 is 0 Å². The van der Waals surface area contributed by atoms with Crippen molar-refractivity contribution in [1.82, 2.24) is 5.32 Å². The summed E-state index contributed by atoms with van der Waals surface area (Å²) in [6.07, 6.45) is 2.64. The summed E-state index contributed by atoms with van der Waals surface area (Å²) in [5.74, 6) is -0.941. The third-order valence-electron chi connectivity index (χ3n) is 5.00. The van der Waals surface area contributed by atoms with Crippen molar-refractivity contribution < 1.29 is 19.4 Å². The summed E-state index contributed by atoms with van der Waals surface area (Å²) in [6.45, 7) is 9.61. The summed E-state index contributed by atoms with van der Waals surface area (Å²) >= 11 is 0. The third kappa shape index (κ3) is 3.68. The summed E-state index contributed by atoms with van der Waals surface area (Å²) in [4.78, 5) is 25.8. The van der Waals surface area contributed by atoms with Crippen molar-refractivity contribution in [2.75, 3.05) is 6.61 Å². The van der Waals surface area contributed by atoms with Gasteiger partial charge in [0.1, 0.15) is 12.4 Å². The maximum Gasteiger partial charge on any atom is 0.337 e. The van der Waals surface area contributed by atoms with Crippen LogP contribution in [0.5, 0.6) is 5.75 Å². The zero-order valence-electron chi connectivity index (χ0n) is 16.0. The quantitative estimate of drug-likeness (QED) is 0.626. The van der Waals surface area contributed by atoms with Gasteiger partial charge in [0.25, 0.3) is 0 Å². The number of aromatic hydroxyl groups is 1. The van der Waals surface area contributed by atoms with Crippen LogP contribution in [0.4, 0.5) is 0 Å². The number of phenols is 1. The molecule has 0 radical (unpaired) electrons. The number of carbonyl (C=O) groups excluding carboxylic acids is 2. The predicted molar refractivity (Wildman–Crippen MR) is 103 cm³/mol. The first-order valence-corrected chi connectivity index (χ1v) is 9.04. The largest absolute Gasteiger partial charge is 0.508 e. The van der Waals surface area contributed by atoms with Crippen molar-refractivity contribution in [3.8, 4) is 5.75 Å².